The molecule has 0 radical (unpaired) electrons. The lowest BCUT2D eigenvalue weighted by molar-refractivity contribution is 0.0352. The first-order valence-electron chi connectivity index (χ1n) is 11.8. The molecule has 4 rings (SSSR count). The summed E-state index contributed by atoms with van der Waals surface area (Å²) in [5.41, 5.74) is 4.06. The van der Waals surface area contributed by atoms with Crippen molar-refractivity contribution >= 4 is 35.5 Å². The predicted molar refractivity (Wildman–Crippen MR) is 148 cm³/mol. The molecule has 0 bridgehead atoms. The second-order valence-corrected chi connectivity index (χ2v) is 8.86. The van der Waals surface area contributed by atoms with Crippen LogP contribution in [0.2, 0.25) is 0 Å². The van der Waals surface area contributed by atoms with Crippen LogP contribution in [0.3, 0.4) is 0 Å². The molecule has 1 fully saturated rings. The lowest BCUT2D eigenvalue weighted by Crippen LogP contribution is -2.58. The van der Waals surface area contributed by atoms with E-state index in [1.54, 1.807) is 0 Å². The highest BCUT2D eigenvalue weighted by atomic mass is 127. The zero-order chi connectivity index (χ0) is 22.2. The molecule has 0 amide bonds. The van der Waals surface area contributed by atoms with Crippen molar-refractivity contribution in [2.24, 2.45) is 4.99 Å². The summed E-state index contributed by atoms with van der Waals surface area (Å²) in [7, 11) is 1.88. The van der Waals surface area contributed by atoms with Gasteiger partial charge in [0.15, 0.2) is 5.96 Å². The minimum Gasteiger partial charge on any atom is -0.381 e. The number of halogens is 1. The van der Waals surface area contributed by atoms with E-state index < -0.39 is 0 Å². The molecule has 0 saturated carbocycles. The van der Waals surface area contributed by atoms with Gasteiger partial charge in [0, 0.05) is 51.5 Å². The Morgan fingerprint density at radius 3 is 2.33 bits per heavy atom. The van der Waals surface area contributed by atoms with Crippen molar-refractivity contribution in [1.82, 2.24) is 15.5 Å². The minimum atomic E-state index is -0.00965. The first-order valence-corrected chi connectivity index (χ1v) is 11.8. The summed E-state index contributed by atoms with van der Waals surface area (Å²) in [6.45, 7) is 6.54. The molecule has 0 spiro atoms. The van der Waals surface area contributed by atoms with E-state index in [1.165, 1.54) is 16.7 Å². The second kappa shape index (κ2) is 12.5. The fourth-order valence-electron chi connectivity index (χ4n) is 4.78. The van der Waals surface area contributed by atoms with E-state index in [4.69, 9.17) is 4.74 Å². The van der Waals surface area contributed by atoms with Crippen molar-refractivity contribution in [1.29, 1.82) is 0 Å². The van der Waals surface area contributed by atoms with Crippen LogP contribution in [0.4, 0.5) is 0 Å². The number of benzene rings is 2. The van der Waals surface area contributed by atoms with Crippen LogP contribution in [0.25, 0.3) is 5.57 Å². The number of rotatable bonds is 6. The summed E-state index contributed by atoms with van der Waals surface area (Å²) in [6, 6.07) is 21.7. The third kappa shape index (κ3) is 6.80. The van der Waals surface area contributed by atoms with Gasteiger partial charge in [-0.05, 0) is 42.9 Å². The Labute approximate surface area is 215 Å². The maximum absolute atomic E-state index is 5.70. The van der Waals surface area contributed by atoms with E-state index >= 15 is 0 Å². The highest BCUT2D eigenvalue weighted by Gasteiger charge is 2.34. The molecule has 2 heterocycles. The number of guanidine groups is 1. The summed E-state index contributed by atoms with van der Waals surface area (Å²) in [5, 5.41) is 7.62. The molecule has 2 aliphatic rings. The van der Waals surface area contributed by atoms with Crippen LogP contribution < -0.4 is 10.6 Å². The maximum Gasteiger partial charge on any atom is 0.194 e. The van der Waals surface area contributed by atoms with E-state index in [2.05, 4.69) is 94.2 Å². The summed E-state index contributed by atoms with van der Waals surface area (Å²) < 4.78 is 5.70. The number of aliphatic imine (C=N–C) groups is 1. The monoisotopic (exact) mass is 560 g/mol. The van der Waals surface area contributed by atoms with Crippen LogP contribution in [-0.4, -0.2) is 56.3 Å². The van der Waals surface area contributed by atoms with E-state index in [9.17, 15) is 0 Å². The van der Waals surface area contributed by atoms with Crippen LogP contribution in [0.5, 0.6) is 0 Å². The average Bonchev–Trinajstić information content (AvgIpc) is 2.86. The van der Waals surface area contributed by atoms with Crippen molar-refractivity contribution in [2.45, 2.75) is 37.8 Å². The van der Waals surface area contributed by atoms with Crippen LogP contribution >= 0.6 is 24.0 Å². The molecule has 5 nitrogen and oxygen atoms in total. The Kier molecular flexibility index (Phi) is 9.77. The third-order valence-corrected chi connectivity index (χ3v) is 6.72. The lowest BCUT2D eigenvalue weighted by atomic mass is 9.88. The highest BCUT2D eigenvalue weighted by Crippen LogP contribution is 2.26. The van der Waals surface area contributed by atoms with E-state index in [0.29, 0.717) is 0 Å². The number of nitrogens with zero attached hydrogens (tertiary/aromatic N) is 2. The van der Waals surface area contributed by atoms with E-state index in [-0.39, 0.29) is 35.6 Å². The van der Waals surface area contributed by atoms with E-state index in [0.717, 1.165) is 58.1 Å². The smallest absolute Gasteiger partial charge is 0.194 e. The molecule has 1 saturated heterocycles. The molecule has 6 heteroatoms. The van der Waals surface area contributed by atoms with Crippen molar-refractivity contribution in [3.63, 3.8) is 0 Å². The van der Waals surface area contributed by atoms with Gasteiger partial charge in [-0.3, -0.25) is 4.99 Å². The molecule has 2 aromatic rings. The number of ether oxygens (including phenoxy) is 1. The van der Waals surface area contributed by atoms with E-state index in [1.807, 2.05) is 7.05 Å². The van der Waals surface area contributed by atoms with Gasteiger partial charge in [-0.2, -0.15) is 0 Å². The minimum absolute atomic E-state index is 0. The molecular formula is C27H37IN4O. The first kappa shape index (κ1) is 25.7. The molecule has 0 aliphatic carbocycles. The SMILES string of the molecule is CN=C(NCC1(NC(C)c2ccccc2)CCOCC1)N1CC=C(c2ccccc2)CC1.I. The Bertz CT molecular complexity index is 910. The van der Waals surface area contributed by atoms with Gasteiger partial charge < -0.3 is 20.3 Å². The molecular weight excluding hydrogens is 523 g/mol. The molecule has 178 valence electrons. The molecule has 1 unspecified atom stereocenters. The van der Waals surface area contributed by atoms with Crippen molar-refractivity contribution in [2.75, 3.05) is 39.9 Å². The number of nitrogens with one attached hydrogen (secondary N) is 2. The summed E-state index contributed by atoms with van der Waals surface area (Å²) in [6.07, 6.45) is 5.36. The fourth-order valence-corrected chi connectivity index (χ4v) is 4.78. The molecule has 2 aromatic carbocycles. The van der Waals surface area contributed by atoms with Gasteiger partial charge in [-0.15, -0.1) is 24.0 Å². The van der Waals surface area contributed by atoms with Crippen LogP contribution in [0.15, 0.2) is 71.7 Å². The molecule has 1 atom stereocenters. The molecule has 0 aromatic heterocycles. The Balaban J connectivity index is 0.00000306. The zero-order valence-electron chi connectivity index (χ0n) is 19.8. The van der Waals surface area contributed by atoms with Gasteiger partial charge in [0.25, 0.3) is 0 Å². The summed E-state index contributed by atoms with van der Waals surface area (Å²) in [5.74, 6) is 0.980. The van der Waals surface area contributed by atoms with Crippen LogP contribution in [0.1, 0.15) is 43.4 Å². The topological polar surface area (TPSA) is 48.9 Å². The number of hydrogen-bond acceptors (Lipinski definition) is 3. The van der Waals surface area contributed by atoms with Crippen LogP contribution in [0, 0.1) is 0 Å². The Morgan fingerprint density at radius 1 is 1.06 bits per heavy atom. The Morgan fingerprint density at radius 2 is 1.73 bits per heavy atom. The standard InChI is InChI=1S/C27H36N4O.HI/c1-22(23-9-5-3-6-10-23)30-27(15-19-32-20-16-27)21-29-26(28-2)31-17-13-25(14-18-31)24-11-7-4-8-12-24;/h3-13,22,30H,14-21H2,1-2H3,(H,28,29);1H. The van der Waals surface area contributed by atoms with Crippen LogP contribution in [-0.2, 0) is 4.74 Å². The van der Waals surface area contributed by atoms with Gasteiger partial charge in [0.2, 0.25) is 0 Å². The summed E-state index contributed by atoms with van der Waals surface area (Å²) in [4.78, 5) is 6.95. The van der Waals surface area contributed by atoms with Gasteiger partial charge >= 0.3 is 0 Å². The largest absolute Gasteiger partial charge is 0.381 e. The highest BCUT2D eigenvalue weighted by molar-refractivity contribution is 14.0. The third-order valence-electron chi connectivity index (χ3n) is 6.72. The van der Waals surface area contributed by atoms with Crippen molar-refractivity contribution < 1.29 is 4.74 Å². The molecule has 2 N–H and O–H groups in total. The quantitative estimate of drug-likeness (QED) is 0.301. The van der Waals surface area contributed by atoms with Crippen molar-refractivity contribution in [3.8, 4) is 0 Å². The molecule has 2 aliphatic heterocycles. The number of hydrogen-bond donors (Lipinski definition) is 2. The average molecular weight is 561 g/mol. The zero-order valence-corrected chi connectivity index (χ0v) is 22.1. The Hall–Kier alpha value is -1.90. The van der Waals surface area contributed by atoms with Crippen molar-refractivity contribution in [3.05, 3.63) is 77.9 Å². The van der Waals surface area contributed by atoms with Gasteiger partial charge in [-0.25, -0.2) is 0 Å². The molecule has 33 heavy (non-hydrogen) atoms. The maximum atomic E-state index is 5.70. The lowest BCUT2D eigenvalue weighted by Gasteiger charge is -2.41. The van der Waals surface area contributed by atoms with Gasteiger partial charge in [0.1, 0.15) is 0 Å². The van der Waals surface area contributed by atoms with Gasteiger partial charge in [-0.1, -0.05) is 66.7 Å². The van der Waals surface area contributed by atoms with Gasteiger partial charge in [0.05, 0.1) is 0 Å². The second-order valence-electron chi connectivity index (χ2n) is 8.86. The normalized spacial score (nSPS) is 19.3. The predicted octanol–water partition coefficient (Wildman–Crippen LogP) is 4.87. The first-order chi connectivity index (χ1) is 15.7. The summed E-state index contributed by atoms with van der Waals surface area (Å²) >= 11 is 0. The fraction of sp³-hybridized carbons (Fsp3) is 0.444.